The van der Waals surface area contributed by atoms with Crippen molar-refractivity contribution < 1.29 is 5.11 Å². The molecule has 0 aromatic carbocycles. The van der Waals surface area contributed by atoms with Crippen LogP contribution in [0.1, 0.15) is 50.3 Å². The fraction of sp³-hybridized carbons (Fsp3) is 0.714. The molecule has 3 rings (SSSR count). The maximum Gasteiger partial charge on any atom is 0.135 e. The Morgan fingerprint density at radius 3 is 2.58 bits per heavy atom. The summed E-state index contributed by atoms with van der Waals surface area (Å²) >= 11 is 3.50. The van der Waals surface area contributed by atoms with Crippen LogP contribution in [0.4, 0.5) is 5.82 Å². The topological polar surface area (TPSA) is 49.2 Å². The minimum atomic E-state index is 0.177. The van der Waals surface area contributed by atoms with Crippen molar-refractivity contribution in [1.29, 1.82) is 0 Å². The first kappa shape index (κ1) is 13.3. The lowest BCUT2D eigenvalue weighted by Crippen LogP contribution is -2.36. The van der Waals surface area contributed by atoms with E-state index in [1.165, 1.54) is 38.5 Å². The van der Waals surface area contributed by atoms with Crippen molar-refractivity contribution in [2.24, 2.45) is 0 Å². The Morgan fingerprint density at radius 2 is 1.95 bits per heavy atom. The first-order valence-corrected chi connectivity index (χ1v) is 7.99. The average molecular weight is 326 g/mol. The summed E-state index contributed by atoms with van der Waals surface area (Å²) in [5.41, 5.74) is 0. The number of halogens is 1. The van der Waals surface area contributed by atoms with Crippen molar-refractivity contribution in [1.82, 2.24) is 9.97 Å². The number of aliphatic hydroxyl groups excluding tert-OH is 1. The minimum Gasteiger partial charge on any atom is -0.395 e. The van der Waals surface area contributed by atoms with Gasteiger partial charge < -0.3 is 10.0 Å². The van der Waals surface area contributed by atoms with E-state index < -0.39 is 0 Å². The summed E-state index contributed by atoms with van der Waals surface area (Å²) in [6.45, 7) is 0.842. The van der Waals surface area contributed by atoms with E-state index in [2.05, 4.69) is 25.8 Å². The smallest absolute Gasteiger partial charge is 0.135 e. The Hall–Kier alpha value is -0.680. The van der Waals surface area contributed by atoms with E-state index in [0.717, 1.165) is 16.2 Å². The molecule has 2 fully saturated rings. The largest absolute Gasteiger partial charge is 0.395 e. The summed E-state index contributed by atoms with van der Waals surface area (Å²) < 4.78 is 0.861. The van der Waals surface area contributed by atoms with E-state index >= 15 is 0 Å². The van der Waals surface area contributed by atoms with Gasteiger partial charge in [0.2, 0.25) is 0 Å². The Morgan fingerprint density at radius 1 is 1.21 bits per heavy atom. The quantitative estimate of drug-likeness (QED) is 0.846. The Kier molecular flexibility index (Phi) is 4.03. The van der Waals surface area contributed by atoms with E-state index in [9.17, 15) is 5.11 Å². The molecule has 104 valence electrons. The van der Waals surface area contributed by atoms with Crippen molar-refractivity contribution in [3.63, 3.8) is 0 Å². The molecule has 2 aliphatic rings. The Bertz CT molecular complexity index is 444. The zero-order valence-electron chi connectivity index (χ0n) is 11.1. The lowest BCUT2D eigenvalue weighted by molar-refractivity contribution is 0.296. The molecular weight excluding hydrogens is 306 g/mol. The monoisotopic (exact) mass is 325 g/mol. The Balaban J connectivity index is 1.87. The second kappa shape index (κ2) is 5.75. The van der Waals surface area contributed by atoms with Gasteiger partial charge in [-0.1, -0.05) is 12.8 Å². The molecule has 5 heteroatoms. The van der Waals surface area contributed by atoms with Crippen LogP contribution < -0.4 is 4.90 Å². The number of anilines is 1. The minimum absolute atomic E-state index is 0.177. The molecule has 1 aromatic heterocycles. The van der Waals surface area contributed by atoms with Crippen LogP contribution >= 0.6 is 15.9 Å². The fourth-order valence-corrected chi connectivity index (χ4v) is 3.29. The van der Waals surface area contributed by atoms with Gasteiger partial charge >= 0.3 is 0 Å². The maximum atomic E-state index is 9.32. The van der Waals surface area contributed by atoms with Crippen LogP contribution in [-0.4, -0.2) is 34.3 Å². The van der Waals surface area contributed by atoms with E-state index in [1.54, 1.807) is 0 Å². The highest BCUT2D eigenvalue weighted by molar-refractivity contribution is 9.10. The molecule has 0 amide bonds. The summed E-state index contributed by atoms with van der Waals surface area (Å²) in [4.78, 5) is 11.5. The number of aliphatic hydroxyl groups is 1. The SMILES string of the molecule is OCCN(c1cc(Br)nc(C2CC2)n1)C1CCCC1. The van der Waals surface area contributed by atoms with Crippen LogP contribution in [0.2, 0.25) is 0 Å². The molecule has 0 radical (unpaired) electrons. The summed E-state index contributed by atoms with van der Waals surface area (Å²) in [6.07, 6.45) is 7.40. The predicted molar refractivity (Wildman–Crippen MR) is 78.4 cm³/mol. The molecule has 0 unspecified atom stereocenters. The van der Waals surface area contributed by atoms with Gasteiger partial charge in [0, 0.05) is 24.6 Å². The van der Waals surface area contributed by atoms with Gasteiger partial charge in [0.25, 0.3) is 0 Å². The van der Waals surface area contributed by atoms with Gasteiger partial charge in [-0.15, -0.1) is 0 Å². The molecule has 0 atom stereocenters. The van der Waals surface area contributed by atoms with Crippen molar-refractivity contribution in [2.75, 3.05) is 18.1 Å². The summed E-state index contributed by atoms with van der Waals surface area (Å²) in [5.74, 6) is 2.49. The molecule has 2 saturated carbocycles. The van der Waals surface area contributed by atoms with Crippen molar-refractivity contribution in [3.8, 4) is 0 Å². The molecular formula is C14H20BrN3O. The van der Waals surface area contributed by atoms with Gasteiger partial charge in [-0.05, 0) is 41.6 Å². The van der Waals surface area contributed by atoms with Crippen LogP contribution in [0.15, 0.2) is 10.7 Å². The number of hydrogen-bond acceptors (Lipinski definition) is 4. The first-order chi connectivity index (χ1) is 9.28. The number of aromatic nitrogens is 2. The standard InChI is InChI=1S/C14H20BrN3O/c15-12-9-13(17-14(16-12)10-5-6-10)18(7-8-19)11-3-1-2-4-11/h9-11,19H,1-8H2. The van der Waals surface area contributed by atoms with Gasteiger partial charge in [0.1, 0.15) is 16.2 Å². The molecule has 0 aliphatic heterocycles. The van der Waals surface area contributed by atoms with Gasteiger partial charge in [0.15, 0.2) is 0 Å². The molecule has 0 saturated heterocycles. The molecule has 4 nitrogen and oxygen atoms in total. The first-order valence-electron chi connectivity index (χ1n) is 7.20. The molecule has 19 heavy (non-hydrogen) atoms. The number of rotatable bonds is 5. The van der Waals surface area contributed by atoms with E-state index in [-0.39, 0.29) is 6.61 Å². The van der Waals surface area contributed by atoms with Crippen molar-refractivity contribution >= 4 is 21.7 Å². The van der Waals surface area contributed by atoms with E-state index in [4.69, 9.17) is 4.98 Å². The van der Waals surface area contributed by atoms with Crippen molar-refractivity contribution in [2.45, 2.75) is 50.5 Å². The van der Waals surface area contributed by atoms with Gasteiger partial charge in [0.05, 0.1) is 6.61 Å². The van der Waals surface area contributed by atoms with Crippen molar-refractivity contribution in [3.05, 3.63) is 16.5 Å². The Labute approximate surface area is 122 Å². The fourth-order valence-electron chi connectivity index (χ4n) is 2.90. The van der Waals surface area contributed by atoms with Gasteiger partial charge in [-0.2, -0.15) is 0 Å². The van der Waals surface area contributed by atoms with Crippen LogP contribution in [0, 0.1) is 0 Å². The van der Waals surface area contributed by atoms with E-state index in [0.29, 0.717) is 18.5 Å². The van der Waals surface area contributed by atoms with Crippen LogP contribution in [-0.2, 0) is 0 Å². The second-order valence-electron chi connectivity index (χ2n) is 5.54. The van der Waals surface area contributed by atoms with Crippen LogP contribution in [0.3, 0.4) is 0 Å². The zero-order valence-corrected chi connectivity index (χ0v) is 12.6. The highest BCUT2D eigenvalue weighted by atomic mass is 79.9. The molecule has 0 spiro atoms. The lowest BCUT2D eigenvalue weighted by Gasteiger charge is -2.29. The molecule has 0 bridgehead atoms. The molecule has 1 heterocycles. The third-order valence-corrected chi connectivity index (χ3v) is 4.45. The summed E-state index contributed by atoms with van der Waals surface area (Å²) in [6, 6.07) is 2.51. The molecule has 1 N–H and O–H groups in total. The highest BCUT2D eigenvalue weighted by Gasteiger charge is 2.29. The highest BCUT2D eigenvalue weighted by Crippen LogP contribution is 2.39. The molecule has 1 aromatic rings. The zero-order chi connectivity index (χ0) is 13.2. The number of hydrogen-bond donors (Lipinski definition) is 1. The predicted octanol–water partition coefficient (Wildman–Crippen LogP) is 2.86. The normalized spacial score (nSPS) is 19.9. The third kappa shape index (κ3) is 3.08. The van der Waals surface area contributed by atoms with Gasteiger partial charge in [-0.3, -0.25) is 0 Å². The van der Waals surface area contributed by atoms with Crippen LogP contribution in [0.25, 0.3) is 0 Å². The van der Waals surface area contributed by atoms with Crippen LogP contribution in [0.5, 0.6) is 0 Å². The van der Waals surface area contributed by atoms with Gasteiger partial charge in [-0.25, -0.2) is 9.97 Å². The average Bonchev–Trinajstić information content (AvgIpc) is 3.12. The molecule has 2 aliphatic carbocycles. The lowest BCUT2D eigenvalue weighted by atomic mass is 10.2. The maximum absolute atomic E-state index is 9.32. The second-order valence-corrected chi connectivity index (χ2v) is 6.35. The third-order valence-electron chi connectivity index (χ3n) is 4.04. The summed E-state index contributed by atoms with van der Waals surface area (Å²) in [7, 11) is 0. The summed E-state index contributed by atoms with van der Waals surface area (Å²) in [5, 5.41) is 9.32. The number of nitrogens with zero attached hydrogens (tertiary/aromatic N) is 3. The van der Waals surface area contributed by atoms with E-state index in [1.807, 2.05) is 6.07 Å².